The summed E-state index contributed by atoms with van der Waals surface area (Å²) in [5.41, 5.74) is 1.10. The van der Waals surface area contributed by atoms with E-state index in [0.717, 1.165) is 44.8 Å². The summed E-state index contributed by atoms with van der Waals surface area (Å²) < 4.78 is 5.42. The molecule has 1 atom stereocenters. The van der Waals surface area contributed by atoms with Crippen LogP contribution >= 0.6 is 0 Å². The summed E-state index contributed by atoms with van der Waals surface area (Å²) in [6.07, 6.45) is 4.69. The van der Waals surface area contributed by atoms with Crippen LogP contribution < -0.4 is 0 Å². The van der Waals surface area contributed by atoms with Gasteiger partial charge in [0.15, 0.2) is 0 Å². The van der Waals surface area contributed by atoms with E-state index in [0.29, 0.717) is 18.3 Å². The Morgan fingerprint density at radius 3 is 3.00 bits per heavy atom. The third-order valence-electron chi connectivity index (χ3n) is 4.06. The predicted octanol–water partition coefficient (Wildman–Crippen LogP) is 1.82. The monoisotopic (exact) mass is 260 g/mol. The highest BCUT2D eigenvalue weighted by Gasteiger charge is 2.33. The quantitative estimate of drug-likeness (QED) is 0.832. The number of carbonyl (C=O) groups excluding carboxylic acids is 1. The molecule has 0 N–H and O–H groups in total. The third-order valence-corrected chi connectivity index (χ3v) is 4.06. The molecule has 0 unspecified atom stereocenters. The summed E-state index contributed by atoms with van der Waals surface area (Å²) in [7, 11) is 0. The fraction of sp³-hybridized carbons (Fsp3) is 0.600. The molecule has 0 aromatic carbocycles. The van der Waals surface area contributed by atoms with Gasteiger partial charge in [-0.15, -0.1) is 0 Å². The molecule has 3 rings (SSSR count). The smallest absolute Gasteiger partial charge is 0.222 e. The Kier molecular flexibility index (Phi) is 3.78. The number of hydrogen-bond acceptors (Lipinski definition) is 3. The molecule has 0 bridgehead atoms. The van der Waals surface area contributed by atoms with Gasteiger partial charge in [-0.3, -0.25) is 9.78 Å². The number of likely N-dealkylation sites (tertiary alicyclic amines) is 1. The van der Waals surface area contributed by atoms with Crippen molar-refractivity contribution >= 4 is 5.91 Å². The van der Waals surface area contributed by atoms with Gasteiger partial charge in [-0.2, -0.15) is 0 Å². The Morgan fingerprint density at radius 1 is 1.42 bits per heavy atom. The molecular weight excluding hydrogens is 240 g/mol. The van der Waals surface area contributed by atoms with Crippen LogP contribution in [0.1, 0.15) is 30.9 Å². The molecule has 0 saturated carbocycles. The van der Waals surface area contributed by atoms with Crippen LogP contribution in [0.25, 0.3) is 0 Å². The number of carbonyl (C=O) groups is 1. The summed E-state index contributed by atoms with van der Waals surface area (Å²) in [4.78, 5) is 18.4. The molecule has 0 spiro atoms. The van der Waals surface area contributed by atoms with Crippen molar-refractivity contribution in [1.82, 2.24) is 9.88 Å². The Labute approximate surface area is 113 Å². The molecule has 0 aliphatic carbocycles. The van der Waals surface area contributed by atoms with Crippen molar-refractivity contribution < 1.29 is 9.53 Å². The molecule has 3 heterocycles. The van der Waals surface area contributed by atoms with Gasteiger partial charge in [0, 0.05) is 50.5 Å². The van der Waals surface area contributed by atoms with Crippen molar-refractivity contribution in [3.05, 3.63) is 30.1 Å². The standard InChI is InChI=1S/C15H20N2O2/c18-15(8-12-4-3-7-19-11-12)17-9-13(10-17)14-5-1-2-6-16-14/h1-2,5-6,12-13H,3-4,7-11H2/t12-/m1/s1. The zero-order valence-corrected chi connectivity index (χ0v) is 11.1. The van der Waals surface area contributed by atoms with Crippen LogP contribution in [0.3, 0.4) is 0 Å². The highest BCUT2D eigenvalue weighted by Crippen LogP contribution is 2.27. The topological polar surface area (TPSA) is 42.4 Å². The molecule has 2 saturated heterocycles. The molecule has 4 heteroatoms. The van der Waals surface area contributed by atoms with E-state index in [1.54, 1.807) is 0 Å². The lowest BCUT2D eigenvalue weighted by molar-refractivity contribution is -0.137. The van der Waals surface area contributed by atoms with Gasteiger partial charge >= 0.3 is 0 Å². The van der Waals surface area contributed by atoms with Crippen molar-refractivity contribution in [2.24, 2.45) is 5.92 Å². The van der Waals surface area contributed by atoms with Gasteiger partial charge in [-0.05, 0) is 30.9 Å². The molecule has 0 radical (unpaired) electrons. The predicted molar refractivity (Wildman–Crippen MR) is 71.7 cm³/mol. The van der Waals surface area contributed by atoms with Crippen molar-refractivity contribution in [3.63, 3.8) is 0 Å². The summed E-state index contributed by atoms with van der Waals surface area (Å²) >= 11 is 0. The molecule has 1 aromatic heterocycles. The molecule has 102 valence electrons. The molecule has 1 aromatic rings. The van der Waals surface area contributed by atoms with Gasteiger partial charge in [-0.1, -0.05) is 6.07 Å². The zero-order chi connectivity index (χ0) is 13.1. The first-order chi connectivity index (χ1) is 9.33. The molecule has 4 nitrogen and oxygen atoms in total. The summed E-state index contributed by atoms with van der Waals surface area (Å²) in [5, 5.41) is 0. The second-order valence-electron chi connectivity index (χ2n) is 5.54. The zero-order valence-electron chi connectivity index (χ0n) is 11.1. The minimum absolute atomic E-state index is 0.280. The van der Waals surface area contributed by atoms with E-state index in [2.05, 4.69) is 4.98 Å². The average molecular weight is 260 g/mol. The number of aromatic nitrogens is 1. The van der Waals surface area contributed by atoms with E-state index in [9.17, 15) is 4.79 Å². The molecular formula is C15H20N2O2. The van der Waals surface area contributed by atoms with Crippen LogP contribution in [0.4, 0.5) is 0 Å². The largest absolute Gasteiger partial charge is 0.381 e. The van der Waals surface area contributed by atoms with Crippen molar-refractivity contribution in [2.45, 2.75) is 25.2 Å². The maximum absolute atomic E-state index is 12.1. The van der Waals surface area contributed by atoms with E-state index in [1.807, 2.05) is 29.3 Å². The fourth-order valence-electron chi connectivity index (χ4n) is 2.83. The SMILES string of the molecule is O=C(C[C@H]1CCCOC1)N1CC(c2ccccn2)C1. The molecule has 19 heavy (non-hydrogen) atoms. The van der Waals surface area contributed by atoms with Crippen LogP contribution in [-0.4, -0.2) is 42.1 Å². The lowest BCUT2D eigenvalue weighted by Gasteiger charge is -2.39. The maximum Gasteiger partial charge on any atom is 0.222 e. The maximum atomic E-state index is 12.1. The second kappa shape index (κ2) is 5.70. The second-order valence-corrected chi connectivity index (χ2v) is 5.54. The van der Waals surface area contributed by atoms with E-state index in [4.69, 9.17) is 4.74 Å². The summed E-state index contributed by atoms with van der Waals surface area (Å²) in [5.74, 6) is 1.13. The molecule has 2 aliphatic rings. The Bertz CT molecular complexity index is 423. The number of hydrogen-bond donors (Lipinski definition) is 0. The minimum Gasteiger partial charge on any atom is -0.381 e. The van der Waals surface area contributed by atoms with Crippen LogP contribution in [-0.2, 0) is 9.53 Å². The highest BCUT2D eigenvalue weighted by molar-refractivity contribution is 5.77. The van der Waals surface area contributed by atoms with E-state index >= 15 is 0 Å². The van der Waals surface area contributed by atoms with Crippen molar-refractivity contribution in [1.29, 1.82) is 0 Å². The normalized spacial score (nSPS) is 24.0. The molecule has 2 fully saturated rings. The van der Waals surface area contributed by atoms with E-state index in [1.165, 1.54) is 0 Å². The van der Waals surface area contributed by atoms with Crippen molar-refractivity contribution in [3.8, 4) is 0 Å². The van der Waals surface area contributed by atoms with Gasteiger partial charge in [0.2, 0.25) is 5.91 Å². The first-order valence-corrected chi connectivity index (χ1v) is 7.09. The number of pyridine rings is 1. The Hall–Kier alpha value is -1.42. The van der Waals surface area contributed by atoms with Crippen LogP contribution in [0.5, 0.6) is 0 Å². The number of amides is 1. The highest BCUT2D eigenvalue weighted by atomic mass is 16.5. The Balaban J connectivity index is 1.46. The van der Waals surface area contributed by atoms with Gasteiger partial charge in [0.25, 0.3) is 0 Å². The molecule has 2 aliphatic heterocycles. The average Bonchev–Trinajstić information content (AvgIpc) is 2.39. The third kappa shape index (κ3) is 2.95. The number of nitrogens with zero attached hydrogens (tertiary/aromatic N) is 2. The lowest BCUT2D eigenvalue weighted by Crippen LogP contribution is -2.49. The first-order valence-electron chi connectivity index (χ1n) is 7.09. The van der Waals surface area contributed by atoms with Crippen LogP contribution in [0.2, 0.25) is 0 Å². The van der Waals surface area contributed by atoms with E-state index in [-0.39, 0.29) is 5.91 Å². The lowest BCUT2D eigenvalue weighted by atomic mass is 9.92. The van der Waals surface area contributed by atoms with Crippen LogP contribution in [0.15, 0.2) is 24.4 Å². The van der Waals surface area contributed by atoms with E-state index < -0.39 is 0 Å². The number of ether oxygens (including phenoxy) is 1. The van der Waals surface area contributed by atoms with Gasteiger partial charge < -0.3 is 9.64 Å². The number of rotatable bonds is 3. The Morgan fingerprint density at radius 2 is 2.32 bits per heavy atom. The summed E-state index contributed by atoms with van der Waals surface area (Å²) in [6.45, 7) is 3.26. The fourth-order valence-corrected chi connectivity index (χ4v) is 2.83. The minimum atomic E-state index is 0.280. The van der Waals surface area contributed by atoms with Gasteiger partial charge in [-0.25, -0.2) is 0 Å². The van der Waals surface area contributed by atoms with Crippen molar-refractivity contribution in [2.75, 3.05) is 26.3 Å². The van der Waals surface area contributed by atoms with Crippen LogP contribution in [0, 0.1) is 5.92 Å². The van der Waals surface area contributed by atoms with Gasteiger partial charge in [0.05, 0.1) is 0 Å². The van der Waals surface area contributed by atoms with Gasteiger partial charge in [0.1, 0.15) is 0 Å². The summed E-state index contributed by atoms with van der Waals surface area (Å²) in [6, 6.07) is 5.97. The first kappa shape index (κ1) is 12.6. The molecule has 1 amide bonds.